The first kappa shape index (κ1) is 21.9. The number of rotatable bonds is 6. The van der Waals surface area contributed by atoms with Crippen molar-refractivity contribution in [1.82, 2.24) is 5.32 Å². The van der Waals surface area contributed by atoms with Crippen LogP contribution in [0.1, 0.15) is 34.0 Å². The first-order valence-electron chi connectivity index (χ1n) is 10.6. The molecule has 0 radical (unpaired) electrons. The Morgan fingerprint density at radius 3 is 2.56 bits per heavy atom. The molecule has 32 heavy (non-hydrogen) atoms. The number of fused-ring (bicyclic) bond motifs is 1. The molecule has 1 aliphatic rings. The van der Waals surface area contributed by atoms with Gasteiger partial charge in [0.1, 0.15) is 5.75 Å². The van der Waals surface area contributed by atoms with Gasteiger partial charge in [0.2, 0.25) is 5.91 Å². The van der Waals surface area contributed by atoms with E-state index in [9.17, 15) is 9.59 Å². The molecule has 2 amide bonds. The molecular weight excluding hydrogens is 424 g/mol. The molecule has 0 saturated heterocycles. The van der Waals surface area contributed by atoms with Crippen molar-refractivity contribution >= 4 is 29.1 Å². The minimum atomic E-state index is -0.0990. The molecule has 3 aromatic rings. The third-order valence-corrected chi connectivity index (χ3v) is 6.09. The molecule has 3 aromatic carbocycles. The van der Waals surface area contributed by atoms with Crippen LogP contribution in [-0.4, -0.2) is 25.0 Å². The van der Waals surface area contributed by atoms with Crippen LogP contribution in [0, 0.1) is 0 Å². The van der Waals surface area contributed by atoms with E-state index in [-0.39, 0.29) is 24.3 Å². The van der Waals surface area contributed by atoms with E-state index >= 15 is 0 Å². The number of nitrogens with one attached hydrogen (secondary N) is 1. The van der Waals surface area contributed by atoms with Crippen molar-refractivity contribution in [2.75, 3.05) is 12.0 Å². The fourth-order valence-electron chi connectivity index (χ4n) is 4.02. The number of benzene rings is 3. The predicted molar refractivity (Wildman–Crippen MR) is 126 cm³/mol. The Kier molecular flexibility index (Phi) is 6.47. The smallest absolute Gasteiger partial charge is 0.258 e. The van der Waals surface area contributed by atoms with E-state index in [1.807, 2.05) is 48.2 Å². The monoisotopic (exact) mass is 448 g/mol. The fourth-order valence-corrected chi connectivity index (χ4v) is 4.23. The molecule has 4 rings (SSSR count). The van der Waals surface area contributed by atoms with Crippen LogP contribution in [0.4, 0.5) is 5.69 Å². The Hall–Kier alpha value is -3.31. The van der Waals surface area contributed by atoms with Gasteiger partial charge in [0, 0.05) is 28.9 Å². The van der Waals surface area contributed by atoms with Gasteiger partial charge in [-0.2, -0.15) is 0 Å². The fraction of sp³-hybridized carbons (Fsp3) is 0.231. The van der Waals surface area contributed by atoms with Crippen molar-refractivity contribution in [3.05, 3.63) is 94.0 Å². The minimum Gasteiger partial charge on any atom is -0.497 e. The Labute approximate surface area is 193 Å². The molecule has 1 heterocycles. The summed E-state index contributed by atoms with van der Waals surface area (Å²) >= 11 is 6.15. The molecule has 1 aliphatic heterocycles. The van der Waals surface area contributed by atoms with Crippen LogP contribution in [0.5, 0.6) is 5.75 Å². The van der Waals surface area contributed by atoms with Gasteiger partial charge in [-0.05, 0) is 66.4 Å². The summed E-state index contributed by atoms with van der Waals surface area (Å²) in [5.74, 6) is 0.572. The summed E-state index contributed by atoms with van der Waals surface area (Å²) in [4.78, 5) is 27.5. The lowest BCUT2D eigenvalue weighted by molar-refractivity contribution is -0.120. The molecule has 0 fully saturated rings. The number of carbonyl (C=O) groups is 2. The molecule has 6 heteroatoms. The number of halogens is 1. The normalized spacial score (nSPS) is 14.7. The Morgan fingerprint density at radius 1 is 1.09 bits per heavy atom. The van der Waals surface area contributed by atoms with Crippen molar-refractivity contribution in [3.8, 4) is 5.75 Å². The van der Waals surface area contributed by atoms with Crippen LogP contribution in [0.3, 0.4) is 0 Å². The number of ether oxygens (including phenoxy) is 1. The summed E-state index contributed by atoms with van der Waals surface area (Å²) in [6.07, 6.45) is 1.03. The van der Waals surface area contributed by atoms with Crippen molar-refractivity contribution < 1.29 is 14.3 Å². The van der Waals surface area contributed by atoms with E-state index in [1.54, 1.807) is 37.4 Å². The van der Waals surface area contributed by atoms with Crippen molar-refractivity contribution in [2.45, 2.75) is 32.4 Å². The number of nitrogens with zero attached hydrogens (tertiary/aromatic N) is 1. The van der Waals surface area contributed by atoms with E-state index in [0.717, 1.165) is 28.8 Å². The maximum atomic E-state index is 13.2. The zero-order valence-electron chi connectivity index (χ0n) is 18.1. The molecule has 1 N–H and O–H groups in total. The summed E-state index contributed by atoms with van der Waals surface area (Å²) in [5.41, 5.74) is 4.38. The van der Waals surface area contributed by atoms with Gasteiger partial charge in [-0.3, -0.25) is 9.59 Å². The largest absolute Gasteiger partial charge is 0.497 e. The van der Waals surface area contributed by atoms with E-state index < -0.39 is 0 Å². The van der Waals surface area contributed by atoms with Gasteiger partial charge in [-0.1, -0.05) is 41.9 Å². The maximum Gasteiger partial charge on any atom is 0.258 e. The number of carbonyl (C=O) groups excluding carboxylic acids is 2. The quantitative estimate of drug-likeness (QED) is 0.589. The topological polar surface area (TPSA) is 58.6 Å². The average molecular weight is 449 g/mol. The molecule has 0 bridgehead atoms. The molecule has 1 atom stereocenters. The molecule has 0 aliphatic carbocycles. The van der Waals surface area contributed by atoms with Crippen LogP contribution in [-0.2, 0) is 24.2 Å². The third kappa shape index (κ3) is 4.63. The number of amides is 2. The number of hydrogen-bond acceptors (Lipinski definition) is 3. The van der Waals surface area contributed by atoms with E-state index in [2.05, 4.69) is 5.32 Å². The summed E-state index contributed by atoms with van der Waals surface area (Å²) in [6.45, 7) is 2.43. The standard InChI is InChI=1S/C26H25ClN2O3/c1-17-13-21-8-7-18(16-28-25(30)15-20-5-3-4-6-23(20)27)14-24(21)29(17)26(31)19-9-11-22(32-2)12-10-19/h3-12,14,17H,13,15-16H2,1-2H3,(H,28,30)/t17-/m1/s1. The predicted octanol–water partition coefficient (Wildman–Crippen LogP) is 4.80. The van der Waals surface area contributed by atoms with Gasteiger partial charge >= 0.3 is 0 Å². The summed E-state index contributed by atoms with van der Waals surface area (Å²) in [5, 5.41) is 3.54. The second-order valence-electron chi connectivity index (χ2n) is 7.96. The van der Waals surface area contributed by atoms with Gasteiger partial charge in [-0.15, -0.1) is 0 Å². The first-order chi connectivity index (χ1) is 15.5. The van der Waals surface area contributed by atoms with Gasteiger partial charge in [-0.25, -0.2) is 0 Å². The highest BCUT2D eigenvalue weighted by Crippen LogP contribution is 2.34. The SMILES string of the molecule is COc1ccc(C(=O)N2c3cc(CNC(=O)Cc4ccccc4Cl)ccc3C[C@H]2C)cc1. The van der Waals surface area contributed by atoms with Crippen LogP contribution in [0.15, 0.2) is 66.7 Å². The lowest BCUT2D eigenvalue weighted by atomic mass is 10.1. The number of anilines is 1. The maximum absolute atomic E-state index is 13.2. The van der Waals surface area contributed by atoms with E-state index in [0.29, 0.717) is 22.9 Å². The minimum absolute atomic E-state index is 0.0428. The molecule has 0 spiro atoms. The molecule has 164 valence electrons. The molecule has 0 unspecified atom stereocenters. The second-order valence-corrected chi connectivity index (χ2v) is 8.37. The Morgan fingerprint density at radius 2 is 1.84 bits per heavy atom. The molecule has 0 aromatic heterocycles. The van der Waals surface area contributed by atoms with Crippen LogP contribution in [0.25, 0.3) is 0 Å². The summed E-state index contributed by atoms with van der Waals surface area (Å²) in [6, 6.07) is 20.6. The van der Waals surface area contributed by atoms with Crippen LogP contribution < -0.4 is 15.0 Å². The van der Waals surface area contributed by atoms with Crippen molar-refractivity contribution in [1.29, 1.82) is 0 Å². The van der Waals surface area contributed by atoms with E-state index in [1.165, 1.54) is 0 Å². The molecule has 0 saturated carbocycles. The van der Waals surface area contributed by atoms with E-state index in [4.69, 9.17) is 16.3 Å². The lowest BCUT2D eigenvalue weighted by Crippen LogP contribution is -2.35. The van der Waals surface area contributed by atoms with Crippen molar-refractivity contribution in [3.63, 3.8) is 0 Å². The van der Waals surface area contributed by atoms with Gasteiger partial charge in [0.15, 0.2) is 0 Å². The van der Waals surface area contributed by atoms with Gasteiger partial charge in [0.25, 0.3) is 5.91 Å². The van der Waals surface area contributed by atoms with Crippen molar-refractivity contribution in [2.24, 2.45) is 0 Å². The molecular formula is C26H25ClN2O3. The van der Waals surface area contributed by atoms with Gasteiger partial charge < -0.3 is 15.0 Å². The van der Waals surface area contributed by atoms with Gasteiger partial charge in [0.05, 0.1) is 13.5 Å². The Balaban J connectivity index is 1.47. The number of methoxy groups -OCH3 is 1. The Bertz CT molecular complexity index is 1140. The molecule has 5 nitrogen and oxygen atoms in total. The summed E-state index contributed by atoms with van der Waals surface area (Å²) < 4.78 is 5.19. The first-order valence-corrected chi connectivity index (χ1v) is 10.9. The zero-order chi connectivity index (χ0) is 22.7. The average Bonchev–Trinajstić information content (AvgIpc) is 3.13. The van der Waals surface area contributed by atoms with Crippen LogP contribution >= 0.6 is 11.6 Å². The summed E-state index contributed by atoms with van der Waals surface area (Å²) in [7, 11) is 1.60. The van der Waals surface area contributed by atoms with Crippen LogP contribution in [0.2, 0.25) is 5.02 Å². The third-order valence-electron chi connectivity index (χ3n) is 5.72. The number of hydrogen-bond donors (Lipinski definition) is 1. The highest BCUT2D eigenvalue weighted by molar-refractivity contribution is 6.31. The highest BCUT2D eigenvalue weighted by atomic mass is 35.5. The zero-order valence-corrected chi connectivity index (χ0v) is 18.9. The second kappa shape index (κ2) is 9.45. The highest BCUT2D eigenvalue weighted by Gasteiger charge is 2.31. The lowest BCUT2D eigenvalue weighted by Gasteiger charge is -2.23.